The molecule has 1 heterocycles. The highest BCUT2D eigenvalue weighted by Gasteiger charge is 2.49. The normalized spacial score (nSPS) is 34.4. The van der Waals surface area contributed by atoms with Crippen LogP contribution in [0.5, 0.6) is 0 Å². The van der Waals surface area contributed by atoms with Gasteiger partial charge in [-0.2, -0.15) is 0 Å². The van der Waals surface area contributed by atoms with Crippen molar-refractivity contribution < 1.29 is 9.84 Å². The van der Waals surface area contributed by atoms with Crippen LogP contribution in [0.1, 0.15) is 79.1 Å². The molecule has 1 saturated carbocycles. The van der Waals surface area contributed by atoms with Crippen molar-refractivity contribution in [2.75, 3.05) is 13.2 Å². The van der Waals surface area contributed by atoms with Crippen LogP contribution in [0.3, 0.4) is 0 Å². The van der Waals surface area contributed by atoms with Crippen molar-refractivity contribution in [1.29, 1.82) is 0 Å². The smallest absolute Gasteiger partial charge is 0.0713 e. The van der Waals surface area contributed by atoms with E-state index in [0.29, 0.717) is 17.9 Å². The van der Waals surface area contributed by atoms with Crippen LogP contribution in [0, 0.1) is 23.2 Å². The van der Waals surface area contributed by atoms with Gasteiger partial charge in [-0.25, -0.2) is 0 Å². The molecule has 0 radical (unpaired) electrons. The number of hydrogen-bond donors (Lipinski definition) is 1. The lowest BCUT2D eigenvalue weighted by atomic mass is 9.62. The van der Waals surface area contributed by atoms with Crippen molar-refractivity contribution in [3.63, 3.8) is 0 Å². The Hall–Kier alpha value is -1.12. The fraction of sp³-hybridized carbons (Fsp3) is 0.704. The Morgan fingerprint density at radius 3 is 2.90 bits per heavy atom. The van der Waals surface area contributed by atoms with Crippen LogP contribution in [-0.4, -0.2) is 23.9 Å². The zero-order valence-electron chi connectivity index (χ0n) is 19.2. The Morgan fingerprint density at radius 1 is 1.34 bits per heavy atom. The highest BCUT2D eigenvalue weighted by molar-refractivity contribution is 5.38. The first kappa shape index (κ1) is 22.6. The van der Waals surface area contributed by atoms with E-state index in [2.05, 4.69) is 44.7 Å². The maximum absolute atomic E-state index is 10.0. The summed E-state index contributed by atoms with van der Waals surface area (Å²) in [6.45, 7) is 14.6. The minimum atomic E-state index is -0.536. The average Bonchev–Trinajstić information content (AvgIpc) is 2.86. The van der Waals surface area contributed by atoms with E-state index in [9.17, 15) is 5.11 Å². The summed E-state index contributed by atoms with van der Waals surface area (Å²) in [5.41, 5.74) is 3.86. The van der Waals surface area contributed by atoms with Gasteiger partial charge in [-0.15, -0.1) is 0 Å². The molecule has 0 spiro atoms. The molecule has 1 saturated heterocycles. The molecule has 2 fully saturated rings. The highest BCUT2D eigenvalue weighted by atomic mass is 16.5. The van der Waals surface area contributed by atoms with E-state index in [0.717, 1.165) is 49.7 Å². The van der Waals surface area contributed by atoms with Gasteiger partial charge in [0, 0.05) is 6.61 Å². The van der Waals surface area contributed by atoms with Crippen LogP contribution in [0.2, 0.25) is 0 Å². The Balaban J connectivity index is 1.70. The van der Waals surface area contributed by atoms with Crippen molar-refractivity contribution in [1.82, 2.24) is 0 Å². The molecule has 29 heavy (non-hydrogen) atoms. The third-order valence-electron chi connectivity index (χ3n) is 7.76. The fourth-order valence-corrected chi connectivity index (χ4v) is 6.06. The van der Waals surface area contributed by atoms with Gasteiger partial charge >= 0.3 is 0 Å². The zero-order valence-corrected chi connectivity index (χ0v) is 19.2. The van der Waals surface area contributed by atoms with Crippen LogP contribution in [0.15, 0.2) is 47.6 Å². The third-order valence-corrected chi connectivity index (χ3v) is 7.76. The standard InChI is InChI=1S/C27H42O2/c1-20(9-6-16-26(3,4)28)24-14-15-25-23(10-7-17-27(24,25)5)13-12-22-11-8-18-29-19-21(22)2/h7,10,12-13,20,24-25,28H,2,6,8-9,11,14-19H2,1,3-5H3/b22-12-,23-13+/t20-,24-,25+,27-/m1/s1. The van der Waals surface area contributed by atoms with Crippen molar-refractivity contribution in [3.05, 3.63) is 47.6 Å². The SMILES string of the molecule is C=C1COCCC/C1=C/C=C1\C=CC[C@]2(C)[C@@H]([C@H](C)CCCC(C)(C)O)CC[C@@H]12. The van der Waals surface area contributed by atoms with Gasteiger partial charge < -0.3 is 9.84 Å². The topological polar surface area (TPSA) is 29.5 Å². The molecule has 2 nitrogen and oxygen atoms in total. The summed E-state index contributed by atoms with van der Waals surface area (Å²) in [6.07, 6.45) is 18.7. The van der Waals surface area contributed by atoms with Crippen molar-refractivity contribution >= 4 is 0 Å². The van der Waals surface area contributed by atoms with E-state index in [1.54, 1.807) is 0 Å². The summed E-state index contributed by atoms with van der Waals surface area (Å²) in [4.78, 5) is 0. The number of aliphatic hydroxyl groups is 1. The van der Waals surface area contributed by atoms with Crippen molar-refractivity contribution in [2.45, 2.75) is 84.7 Å². The van der Waals surface area contributed by atoms with E-state index >= 15 is 0 Å². The quantitative estimate of drug-likeness (QED) is 0.534. The molecular weight excluding hydrogens is 356 g/mol. The zero-order chi connectivity index (χ0) is 21.1. The summed E-state index contributed by atoms with van der Waals surface area (Å²) in [5.74, 6) is 2.16. The molecule has 0 aromatic carbocycles. The molecule has 4 atom stereocenters. The third kappa shape index (κ3) is 5.52. The summed E-state index contributed by atoms with van der Waals surface area (Å²) < 4.78 is 5.62. The first-order chi connectivity index (χ1) is 13.7. The van der Waals surface area contributed by atoms with Crippen LogP contribution >= 0.6 is 0 Å². The highest BCUT2D eigenvalue weighted by Crippen LogP contribution is 2.58. The lowest BCUT2D eigenvalue weighted by Gasteiger charge is -2.42. The van der Waals surface area contributed by atoms with Crippen molar-refractivity contribution in [3.8, 4) is 0 Å². The maximum atomic E-state index is 10.0. The van der Waals surface area contributed by atoms with E-state index in [-0.39, 0.29) is 0 Å². The molecule has 0 aromatic rings. The molecule has 2 aliphatic carbocycles. The Labute approximate surface area is 178 Å². The van der Waals surface area contributed by atoms with E-state index in [1.807, 2.05) is 13.8 Å². The first-order valence-electron chi connectivity index (χ1n) is 11.8. The van der Waals surface area contributed by atoms with Crippen LogP contribution in [0.25, 0.3) is 0 Å². The molecule has 0 aromatic heterocycles. The summed E-state index contributed by atoms with van der Waals surface area (Å²) >= 11 is 0. The molecule has 1 N–H and O–H groups in total. The molecule has 3 aliphatic rings. The minimum absolute atomic E-state index is 0.372. The summed E-state index contributed by atoms with van der Waals surface area (Å²) in [7, 11) is 0. The first-order valence-corrected chi connectivity index (χ1v) is 11.8. The van der Waals surface area contributed by atoms with Crippen LogP contribution < -0.4 is 0 Å². The predicted molar refractivity (Wildman–Crippen MR) is 123 cm³/mol. The second-order valence-electron chi connectivity index (χ2n) is 10.6. The monoisotopic (exact) mass is 398 g/mol. The average molecular weight is 399 g/mol. The largest absolute Gasteiger partial charge is 0.390 e. The van der Waals surface area contributed by atoms with E-state index in [1.165, 1.54) is 36.8 Å². The molecular formula is C27H42O2. The second kappa shape index (κ2) is 9.35. The van der Waals surface area contributed by atoms with Crippen LogP contribution in [0.4, 0.5) is 0 Å². The predicted octanol–water partition coefficient (Wildman–Crippen LogP) is 6.78. The van der Waals surface area contributed by atoms with Gasteiger partial charge in [-0.05, 0) is 92.3 Å². The van der Waals surface area contributed by atoms with Gasteiger partial charge in [0.25, 0.3) is 0 Å². The molecule has 1 aliphatic heterocycles. The second-order valence-corrected chi connectivity index (χ2v) is 10.6. The van der Waals surface area contributed by atoms with Gasteiger partial charge in [-0.3, -0.25) is 0 Å². The minimum Gasteiger partial charge on any atom is -0.390 e. The number of allylic oxidation sites excluding steroid dienone is 5. The molecule has 0 bridgehead atoms. The van der Waals surface area contributed by atoms with Gasteiger partial charge in [0.05, 0.1) is 12.2 Å². The van der Waals surface area contributed by atoms with Crippen molar-refractivity contribution in [2.24, 2.45) is 23.2 Å². The Bertz CT molecular complexity index is 675. The number of fused-ring (bicyclic) bond motifs is 1. The molecule has 0 unspecified atom stereocenters. The summed E-state index contributed by atoms with van der Waals surface area (Å²) in [5, 5.41) is 10.0. The van der Waals surface area contributed by atoms with E-state index < -0.39 is 5.60 Å². The molecule has 2 heteroatoms. The molecule has 0 amide bonds. The van der Waals surface area contributed by atoms with Gasteiger partial charge in [0.2, 0.25) is 0 Å². The molecule has 3 rings (SSSR count). The van der Waals surface area contributed by atoms with Gasteiger partial charge in [-0.1, -0.05) is 57.6 Å². The maximum Gasteiger partial charge on any atom is 0.0713 e. The van der Waals surface area contributed by atoms with Crippen LogP contribution in [-0.2, 0) is 4.74 Å². The van der Waals surface area contributed by atoms with Gasteiger partial charge in [0.15, 0.2) is 0 Å². The Morgan fingerprint density at radius 2 is 2.14 bits per heavy atom. The Kier molecular flexibility index (Phi) is 7.27. The lowest BCUT2D eigenvalue weighted by molar-refractivity contribution is 0.0625. The van der Waals surface area contributed by atoms with Gasteiger partial charge in [0.1, 0.15) is 0 Å². The van der Waals surface area contributed by atoms with E-state index in [4.69, 9.17) is 4.74 Å². The number of hydrogen-bond acceptors (Lipinski definition) is 2. The lowest BCUT2D eigenvalue weighted by Crippen LogP contribution is -2.34. The number of ether oxygens (including phenoxy) is 1. The fourth-order valence-electron chi connectivity index (χ4n) is 6.06. The molecule has 162 valence electrons. The summed E-state index contributed by atoms with van der Waals surface area (Å²) in [6, 6.07) is 0. The number of rotatable bonds is 6.